The van der Waals surface area contributed by atoms with Crippen LogP contribution in [0.5, 0.6) is 0 Å². The predicted molar refractivity (Wildman–Crippen MR) is 161 cm³/mol. The number of likely N-dealkylation sites (tertiary alicyclic amines) is 1. The number of benzene rings is 2. The maximum Gasteiger partial charge on any atom is 0.319 e. The fraction of sp³-hybridized carbons (Fsp3) is 0.375. The van der Waals surface area contributed by atoms with Gasteiger partial charge in [0.1, 0.15) is 0 Å². The predicted octanol–water partition coefficient (Wildman–Crippen LogP) is 5.32. The summed E-state index contributed by atoms with van der Waals surface area (Å²) in [6.45, 7) is 9.93. The number of amides is 3. The Morgan fingerprint density at radius 1 is 1.00 bits per heavy atom. The smallest absolute Gasteiger partial charge is 0.319 e. The lowest BCUT2D eigenvalue weighted by molar-refractivity contribution is -0.134. The van der Waals surface area contributed by atoms with E-state index in [0.29, 0.717) is 43.8 Å². The van der Waals surface area contributed by atoms with Gasteiger partial charge in [0.2, 0.25) is 5.91 Å². The van der Waals surface area contributed by atoms with E-state index in [4.69, 9.17) is 0 Å². The highest BCUT2D eigenvalue weighted by Gasteiger charge is 2.26. The molecule has 1 unspecified atom stereocenters. The molecule has 41 heavy (non-hydrogen) atoms. The maximum absolute atomic E-state index is 13.0. The van der Waals surface area contributed by atoms with Crippen LogP contribution >= 0.6 is 0 Å². The van der Waals surface area contributed by atoms with Crippen molar-refractivity contribution in [2.45, 2.75) is 52.6 Å². The van der Waals surface area contributed by atoms with E-state index in [9.17, 15) is 14.7 Å². The third-order valence-electron chi connectivity index (χ3n) is 7.45. The molecule has 1 atom stereocenters. The van der Waals surface area contributed by atoms with Crippen LogP contribution in [0.3, 0.4) is 0 Å². The van der Waals surface area contributed by atoms with Gasteiger partial charge in [-0.1, -0.05) is 57.2 Å². The molecule has 0 saturated carbocycles. The maximum atomic E-state index is 13.0. The number of nitrogens with zero attached hydrogens (tertiary/aromatic N) is 4. The molecule has 4 aromatic rings. The third kappa shape index (κ3) is 6.74. The van der Waals surface area contributed by atoms with Crippen molar-refractivity contribution >= 4 is 23.3 Å². The SMILES string of the molecule is CC(C(=O)N1CCC(O)CC1)c1ccc(-c2cnn3c(-c4cccc(NC(=O)NCC(C)(C)C)c4)cnc3c2)cc1. The molecule has 9 nitrogen and oxygen atoms in total. The largest absolute Gasteiger partial charge is 0.393 e. The van der Waals surface area contributed by atoms with Crippen LogP contribution in [0.25, 0.3) is 28.0 Å². The summed E-state index contributed by atoms with van der Waals surface area (Å²) in [6.07, 6.45) is 4.56. The zero-order valence-electron chi connectivity index (χ0n) is 24.1. The Balaban J connectivity index is 1.29. The van der Waals surface area contributed by atoms with Crippen molar-refractivity contribution in [2.24, 2.45) is 5.41 Å². The number of aromatic nitrogens is 3. The molecule has 1 aliphatic heterocycles. The average molecular weight is 555 g/mol. The Morgan fingerprint density at radius 2 is 1.73 bits per heavy atom. The molecule has 9 heteroatoms. The van der Waals surface area contributed by atoms with E-state index >= 15 is 0 Å². The number of aliphatic hydroxyl groups excluding tert-OH is 1. The van der Waals surface area contributed by atoms with Crippen LogP contribution < -0.4 is 10.6 Å². The number of anilines is 1. The Labute approximate surface area is 240 Å². The number of aliphatic hydroxyl groups is 1. The molecule has 0 radical (unpaired) electrons. The summed E-state index contributed by atoms with van der Waals surface area (Å²) >= 11 is 0. The lowest BCUT2D eigenvalue weighted by Gasteiger charge is -2.31. The van der Waals surface area contributed by atoms with Crippen molar-refractivity contribution in [3.05, 3.63) is 72.6 Å². The monoisotopic (exact) mass is 554 g/mol. The molecule has 3 amide bonds. The van der Waals surface area contributed by atoms with E-state index in [2.05, 4.69) is 41.5 Å². The van der Waals surface area contributed by atoms with Gasteiger partial charge in [-0.3, -0.25) is 4.79 Å². The van der Waals surface area contributed by atoms with Gasteiger partial charge in [0.15, 0.2) is 5.65 Å². The Morgan fingerprint density at radius 3 is 2.44 bits per heavy atom. The van der Waals surface area contributed by atoms with E-state index in [1.165, 1.54) is 0 Å². The molecule has 214 valence electrons. The fourth-order valence-electron chi connectivity index (χ4n) is 4.97. The molecule has 3 heterocycles. The van der Waals surface area contributed by atoms with Gasteiger partial charge >= 0.3 is 6.03 Å². The number of carbonyl (C=O) groups excluding carboxylic acids is 2. The van der Waals surface area contributed by atoms with Crippen molar-refractivity contribution in [2.75, 3.05) is 25.0 Å². The van der Waals surface area contributed by atoms with Crippen LogP contribution in [0.2, 0.25) is 0 Å². The van der Waals surface area contributed by atoms with E-state index in [-0.39, 0.29) is 29.4 Å². The molecule has 3 N–H and O–H groups in total. The first kappa shape index (κ1) is 28.3. The van der Waals surface area contributed by atoms with Crippen molar-refractivity contribution in [3.63, 3.8) is 0 Å². The molecule has 1 fully saturated rings. The van der Waals surface area contributed by atoms with Gasteiger partial charge in [-0.15, -0.1) is 0 Å². The average Bonchev–Trinajstić information content (AvgIpc) is 3.39. The minimum absolute atomic E-state index is 0.00140. The minimum Gasteiger partial charge on any atom is -0.393 e. The van der Waals surface area contributed by atoms with Gasteiger partial charge in [0.25, 0.3) is 0 Å². The number of fused-ring (bicyclic) bond motifs is 1. The first-order valence-corrected chi connectivity index (χ1v) is 14.1. The van der Waals surface area contributed by atoms with Gasteiger partial charge in [-0.25, -0.2) is 14.3 Å². The second-order valence-electron chi connectivity index (χ2n) is 12.0. The zero-order valence-corrected chi connectivity index (χ0v) is 24.1. The number of urea groups is 1. The molecule has 2 aromatic carbocycles. The topological polar surface area (TPSA) is 112 Å². The highest BCUT2D eigenvalue weighted by molar-refractivity contribution is 5.90. The first-order chi connectivity index (χ1) is 19.6. The van der Waals surface area contributed by atoms with Crippen LogP contribution in [0.4, 0.5) is 10.5 Å². The zero-order chi connectivity index (χ0) is 29.1. The standard InChI is InChI=1S/C32H38N6O3/c1-21(30(40)37-14-12-27(39)13-15-37)22-8-10-23(11-9-22)25-17-29-33-19-28(38(29)35-18-25)24-6-5-7-26(16-24)36-31(41)34-20-32(2,3)4/h5-11,16-19,21,27,39H,12-15,20H2,1-4H3,(H2,34,36,41). The van der Waals surface area contributed by atoms with Crippen molar-refractivity contribution in [1.82, 2.24) is 24.8 Å². The van der Waals surface area contributed by atoms with Gasteiger partial charge in [-0.05, 0) is 54.5 Å². The number of hydrogen-bond donors (Lipinski definition) is 3. The molecule has 0 spiro atoms. The molecule has 2 aromatic heterocycles. The van der Waals surface area contributed by atoms with Crippen LogP contribution in [0, 0.1) is 5.41 Å². The molecule has 5 rings (SSSR count). The minimum atomic E-state index is -0.301. The third-order valence-corrected chi connectivity index (χ3v) is 7.45. The van der Waals surface area contributed by atoms with E-state index < -0.39 is 0 Å². The van der Waals surface area contributed by atoms with Crippen molar-refractivity contribution in [3.8, 4) is 22.4 Å². The Bertz CT molecular complexity index is 1530. The highest BCUT2D eigenvalue weighted by Crippen LogP contribution is 2.28. The fourth-order valence-corrected chi connectivity index (χ4v) is 4.97. The number of nitrogens with one attached hydrogen (secondary N) is 2. The number of piperidine rings is 1. The highest BCUT2D eigenvalue weighted by atomic mass is 16.3. The summed E-state index contributed by atoms with van der Waals surface area (Å²) < 4.78 is 1.78. The molecule has 0 aliphatic carbocycles. The molecule has 1 aliphatic rings. The van der Waals surface area contributed by atoms with Gasteiger partial charge in [0.05, 0.1) is 30.1 Å². The van der Waals surface area contributed by atoms with Crippen molar-refractivity contribution < 1.29 is 14.7 Å². The molecule has 1 saturated heterocycles. The number of rotatable bonds is 6. The van der Waals surface area contributed by atoms with Crippen LogP contribution in [-0.2, 0) is 4.79 Å². The van der Waals surface area contributed by atoms with Crippen molar-refractivity contribution in [1.29, 1.82) is 0 Å². The number of carbonyl (C=O) groups is 2. The van der Waals surface area contributed by atoms with Crippen LogP contribution in [-0.4, -0.2) is 62.3 Å². The van der Waals surface area contributed by atoms with Crippen LogP contribution in [0.1, 0.15) is 52.0 Å². The summed E-state index contributed by atoms with van der Waals surface area (Å²) in [7, 11) is 0. The molecular formula is C32H38N6O3. The second-order valence-corrected chi connectivity index (χ2v) is 12.0. The van der Waals surface area contributed by atoms with Gasteiger partial charge in [0, 0.05) is 36.4 Å². The molecular weight excluding hydrogens is 516 g/mol. The summed E-state index contributed by atoms with van der Waals surface area (Å²) in [6, 6.07) is 17.4. The summed E-state index contributed by atoms with van der Waals surface area (Å²) in [4.78, 5) is 31.7. The summed E-state index contributed by atoms with van der Waals surface area (Å²) in [5, 5.41) is 20.2. The van der Waals surface area contributed by atoms with Gasteiger partial charge < -0.3 is 20.6 Å². The quantitative estimate of drug-likeness (QED) is 0.299. The summed E-state index contributed by atoms with van der Waals surface area (Å²) in [5.74, 6) is -0.146. The molecule has 0 bridgehead atoms. The number of hydrogen-bond acceptors (Lipinski definition) is 5. The summed E-state index contributed by atoms with van der Waals surface area (Å²) in [5.41, 5.74) is 5.97. The Kier molecular flexibility index (Phi) is 8.08. The first-order valence-electron chi connectivity index (χ1n) is 14.1. The van der Waals surface area contributed by atoms with Gasteiger partial charge in [-0.2, -0.15) is 5.10 Å². The number of imidazole rings is 1. The second kappa shape index (κ2) is 11.7. The van der Waals surface area contributed by atoms with E-state index in [1.54, 1.807) is 10.7 Å². The normalized spacial score (nSPS) is 15.1. The van der Waals surface area contributed by atoms with E-state index in [1.807, 2.05) is 72.6 Å². The van der Waals surface area contributed by atoms with Crippen LogP contribution in [0.15, 0.2) is 67.0 Å². The lowest BCUT2D eigenvalue weighted by Crippen LogP contribution is -2.41. The lowest BCUT2D eigenvalue weighted by atomic mass is 9.96. The van der Waals surface area contributed by atoms with E-state index in [0.717, 1.165) is 27.9 Å². The Hall–Kier alpha value is -4.24.